The number of amides is 1. The molecule has 0 radical (unpaired) electrons. The Hall–Kier alpha value is -0.660. The van der Waals surface area contributed by atoms with Crippen LogP contribution in [0, 0.1) is 0 Å². The average molecular weight is 235 g/mol. The zero-order valence-electron chi connectivity index (χ0n) is 8.61. The molecule has 6 nitrogen and oxygen atoms in total. The molecule has 0 aromatic heterocycles. The minimum Gasteiger partial charge on any atom is -0.355 e. The maximum Gasteiger partial charge on any atom is 0.235 e. The molecule has 1 amide bonds. The quantitative estimate of drug-likeness (QED) is 0.619. The van der Waals surface area contributed by atoms with Gasteiger partial charge in [0.25, 0.3) is 0 Å². The van der Waals surface area contributed by atoms with Crippen LogP contribution < -0.4 is 11.1 Å². The van der Waals surface area contributed by atoms with E-state index in [1.54, 1.807) is 0 Å². The number of hydrogen-bond acceptors (Lipinski definition) is 4. The van der Waals surface area contributed by atoms with Gasteiger partial charge < -0.3 is 11.1 Å². The van der Waals surface area contributed by atoms with Crippen LogP contribution in [0.25, 0.3) is 0 Å². The van der Waals surface area contributed by atoms with Gasteiger partial charge in [-0.1, -0.05) is 0 Å². The summed E-state index contributed by atoms with van der Waals surface area (Å²) in [5.41, 5.74) is 5.26. The van der Waals surface area contributed by atoms with E-state index in [0.29, 0.717) is 32.5 Å². The van der Waals surface area contributed by atoms with Gasteiger partial charge >= 0.3 is 0 Å². The smallest absolute Gasteiger partial charge is 0.235 e. The van der Waals surface area contributed by atoms with Gasteiger partial charge in [-0.25, -0.2) is 8.42 Å². The summed E-state index contributed by atoms with van der Waals surface area (Å²) >= 11 is 0. The van der Waals surface area contributed by atoms with Gasteiger partial charge in [0.05, 0.1) is 12.3 Å². The van der Waals surface area contributed by atoms with Crippen LogP contribution in [0.5, 0.6) is 0 Å². The summed E-state index contributed by atoms with van der Waals surface area (Å²) in [5, 5.41) is 2.63. The Morgan fingerprint density at radius 1 is 1.47 bits per heavy atom. The third-order valence-electron chi connectivity index (χ3n) is 2.23. The molecule has 3 N–H and O–H groups in total. The zero-order valence-corrected chi connectivity index (χ0v) is 9.42. The second-order valence-electron chi connectivity index (χ2n) is 3.50. The summed E-state index contributed by atoms with van der Waals surface area (Å²) in [6.07, 6.45) is 1.09. The fourth-order valence-corrected chi connectivity index (χ4v) is 2.92. The minimum atomic E-state index is -3.31. The SMILES string of the molecule is NCCCS(=O)(=O)N1CCCNC(=O)C1. The number of hydrogen-bond donors (Lipinski definition) is 2. The fraction of sp³-hybridized carbons (Fsp3) is 0.875. The van der Waals surface area contributed by atoms with Crippen molar-refractivity contribution in [2.75, 3.05) is 31.9 Å². The zero-order chi connectivity index (χ0) is 11.3. The van der Waals surface area contributed by atoms with E-state index in [2.05, 4.69) is 5.32 Å². The highest BCUT2D eigenvalue weighted by Crippen LogP contribution is 2.06. The molecule has 15 heavy (non-hydrogen) atoms. The molecular weight excluding hydrogens is 218 g/mol. The highest BCUT2D eigenvalue weighted by Gasteiger charge is 2.25. The van der Waals surface area contributed by atoms with Gasteiger partial charge in [-0.15, -0.1) is 0 Å². The first-order valence-corrected chi connectivity index (χ1v) is 6.62. The molecule has 0 saturated carbocycles. The first kappa shape index (κ1) is 12.4. The molecule has 1 aliphatic rings. The highest BCUT2D eigenvalue weighted by molar-refractivity contribution is 7.89. The van der Waals surface area contributed by atoms with Gasteiger partial charge in [0.15, 0.2) is 0 Å². The second-order valence-corrected chi connectivity index (χ2v) is 5.58. The van der Waals surface area contributed by atoms with E-state index in [-0.39, 0.29) is 18.2 Å². The first-order chi connectivity index (χ1) is 7.06. The number of rotatable bonds is 4. The molecule has 1 heterocycles. The van der Waals surface area contributed by atoms with Gasteiger partial charge in [-0.3, -0.25) is 4.79 Å². The van der Waals surface area contributed by atoms with Crippen molar-refractivity contribution in [2.45, 2.75) is 12.8 Å². The van der Waals surface area contributed by atoms with Gasteiger partial charge in [0.1, 0.15) is 0 Å². The summed E-state index contributed by atoms with van der Waals surface area (Å²) in [6.45, 7) is 1.24. The van der Waals surface area contributed by atoms with Crippen LogP contribution in [0.3, 0.4) is 0 Å². The second kappa shape index (κ2) is 5.43. The van der Waals surface area contributed by atoms with Crippen LogP contribution in [0.2, 0.25) is 0 Å². The van der Waals surface area contributed by atoms with Crippen molar-refractivity contribution in [3.05, 3.63) is 0 Å². The molecule has 1 saturated heterocycles. The highest BCUT2D eigenvalue weighted by atomic mass is 32.2. The van der Waals surface area contributed by atoms with Crippen molar-refractivity contribution in [1.82, 2.24) is 9.62 Å². The molecule has 0 aromatic rings. The molecule has 0 bridgehead atoms. The van der Waals surface area contributed by atoms with E-state index in [9.17, 15) is 13.2 Å². The Morgan fingerprint density at radius 3 is 2.87 bits per heavy atom. The summed E-state index contributed by atoms with van der Waals surface area (Å²) in [6, 6.07) is 0. The molecule has 0 aliphatic carbocycles. The van der Waals surface area contributed by atoms with Crippen LogP contribution in [-0.2, 0) is 14.8 Å². The van der Waals surface area contributed by atoms with Crippen molar-refractivity contribution in [1.29, 1.82) is 0 Å². The summed E-state index contributed by atoms with van der Waals surface area (Å²) < 4.78 is 24.7. The maximum atomic E-state index is 11.7. The predicted molar refractivity (Wildman–Crippen MR) is 56.7 cm³/mol. The molecule has 0 spiro atoms. The normalized spacial score (nSPS) is 19.7. The van der Waals surface area contributed by atoms with E-state index < -0.39 is 10.0 Å². The van der Waals surface area contributed by atoms with Gasteiger partial charge in [-0.2, -0.15) is 4.31 Å². The van der Waals surface area contributed by atoms with E-state index >= 15 is 0 Å². The minimum absolute atomic E-state index is 0.0246. The molecule has 1 aliphatic heterocycles. The van der Waals surface area contributed by atoms with Gasteiger partial charge in [0, 0.05) is 13.1 Å². The summed E-state index contributed by atoms with van der Waals surface area (Å²) in [4.78, 5) is 11.2. The third-order valence-corrected chi connectivity index (χ3v) is 4.13. The Balaban J connectivity index is 2.63. The lowest BCUT2D eigenvalue weighted by molar-refractivity contribution is -0.120. The van der Waals surface area contributed by atoms with Crippen molar-refractivity contribution in [2.24, 2.45) is 5.73 Å². The fourth-order valence-electron chi connectivity index (χ4n) is 1.41. The monoisotopic (exact) mass is 235 g/mol. The standard InChI is InChI=1S/C8H17N3O3S/c9-3-1-6-15(13,14)11-5-2-4-10-8(12)7-11/h1-7,9H2,(H,10,12). The van der Waals surface area contributed by atoms with Crippen molar-refractivity contribution < 1.29 is 13.2 Å². The van der Waals surface area contributed by atoms with E-state index in [4.69, 9.17) is 5.73 Å². The largest absolute Gasteiger partial charge is 0.355 e. The number of carbonyl (C=O) groups excluding carboxylic acids is 1. The molecule has 0 atom stereocenters. The molecule has 1 rings (SSSR count). The molecule has 0 aromatic carbocycles. The Morgan fingerprint density at radius 2 is 2.20 bits per heavy atom. The Kier molecular flexibility index (Phi) is 4.49. The van der Waals surface area contributed by atoms with Crippen molar-refractivity contribution in [3.63, 3.8) is 0 Å². The van der Waals surface area contributed by atoms with Crippen LogP contribution in [0.15, 0.2) is 0 Å². The molecule has 0 unspecified atom stereocenters. The maximum absolute atomic E-state index is 11.7. The van der Waals surface area contributed by atoms with E-state index in [0.717, 1.165) is 0 Å². The van der Waals surface area contributed by atoms with E-state index in [1.807, 2.05) is 0 Å². The van der Waals surface area contributed by atoms with Crippen LogP contribution in [0.1, 0.15) is 12.8 Å². The number of nitrogens with two attached hydrogens (primary N) is 1. The van der Waals surface area contributed by atoms with Crippen molar-refractivity contribution >= 4 is 15.9 Å². The third kappa shape index (κ3) is 3.77. The summed E-state index contributed by atoms with van der Waals surface area (Å²) in [7, 11) is -3.31. The number of nitrogens with one attached hydrogen (secondary N) is 1. The average Bonchev–Trinajstić information content (AvgIpc) is 2.40. The molecular formula is C8H17N3O3S. The Labute approximate surface area is 89.9 Å². The number of carbonyl (C=O) groups is 1. The van der Waals surface area contributed by atoms with E-state index in [1.165, 1.54) is 4.31 Å². The van der Waals surface area contributed by atoms with Crippen LogP contribution in [-0.4, -0.2) is 50.6 Å². The van der Waals surface area contributed by atoms with Gasteiger partial charge in [-0.05, 0) is 19.4 Å². The lowest BCUT2D eigenvalue weighted by atomic mass is 10.4. The number of sulfonamides is 1. The molecule has 88 valence electrons. The van der Waals surface area contributed by atoms with Crippen molar-refractivity contribution in [3.8, 4) is 0 Å². The van der Waals surface area contributed by atoms with Gasteiger partial charge in [0.2, 0.25) is 15.9 Å². The lowest BCUT2D eigenvalue weighted by Gasteiger charge is -2.18. The summed E-state index contributed by atoms with van der Waals surface area (Å²) in [5.74, 6) is -0.208. The van der Waals surface area contributed by atoms with Crippen LogP contribution >= 0.6 is 0 Å². The molecule has 1 fully saturated rings. The molecule has 7 heteroatoms. The lowest BCUT2D eigenvalue weighted by Crippen LogP contribution is -2.38. The first-order valence-electron chi connectivity index (χ1n) is 5.01. The number of nitrogens with zero attached hydrogens (tertiary/aromatic N) is 1. The van der Waals surface area contributed by atoms with Crippen LogP contribution in [0.4, 0.5) is 0 Å². The Bertz CT molecular complexity index is 315. The topological polar surface area (TPSA) is 92.5 Å². The predicted octanol–water partition coefficient (Wildman–Crippen LogP) is -1.51.